The lowest BCUT2D eigenvalue weighted by Gasteiger charge is -2.32. The first kappa shape index (κ1) is 25.0. The van der Waals surface area contributed by atoms with Crippen LogP contribution in [0.4, 0.5) is 4.79 Å². The highest BCUT2D eigenvalue weighted by Gasteiger charge is 2.31. The van der Waals surface area contributed by atoms with Gasteiger partial charge in [0.05, 0.1) is 0 Å². The summed E-state index contributed by atoms with van der Waals surface area (Å²) in [5, 5.41) is 5.35. The molecule has 0 fully saturated rings. The third kappa shape index (κ3) is 8.16. The normalized spacial score (nSPS) is 11.9. The molecule has 30 heavy (non-hydrogen) atoms. The first-order valence-corrected chi connectivity index (χ1v) is 10.1. The van der Waals surface area contributed by atoms with Gasteiger partial charge in [-0.25, -0.2) is 4.79 Å². The van der Waals surface area contributed by atoms with E-state index in [1.54, 1.807) is 45.0 Å². The van der Waals surface area contributed by atoms with E-state index in [0.717, 1.165) is 0 Å². The molecule has 2 N–H and O–H groups in total. The van der Waals surface area contributed by atoms with Crippen LogP contribution < -0.4 is 10.6 Å². The van der Waals surface area contributed by atoms with Crippen LogP contribution in [0.15, 0.2) is 24.3 Å². The number of hydrogen-bond acceptors (Lipinski definition) is 4. The number of carbonyl (C=O) groups is 3. The fourth-order valence-electron chi connectivity index (χ4n) is 2.80. The molecule has 0 spiro atoms. The Balaban J connectivity index is 3.13. The molecule has 0 saturated carbocycles. The second kappa shape index (κ2) is 11.2. The molecule has 0 aliphatic heterocycles. The Bertz CT molecular complexity index is 773. The molecule has 0 saturated heterocycles. The van der Waals surface area contributed by atoms with Crippen LogP contribution in [0.25, 0.3) is 0 Å². The molecule has 164 valence electrons. The maximum atomic E-state index is 13.0. The lowest BCUT2D eigenvalue weighted by molar-refractivity contribution is -0.140. The van der Waals surface area contributed by atoms with Crippen LogP contribution in [0.3, 0.4) is 0 Å². The Morgan fingerprint density at radius 3 is 2.23 bits per heavy atom. The molecule has 7 nitrogen and oxygen atoms in total. The van der Waals surface area contributed by atoms with E-state index in [0.29, 0.717) is 24.1 Å². The fourth-order valence-corrected chi connectivity index (χ4v) is 2.80. The summed E-state index contributed by atoms with van der Waals surface area (Å²) in [5.74, 6) is 1.86. The third-order valence-electron chi connectivity index (χ3n) is 3.95. The number of amides is 3. The van der Waals surface area contributed by atoms with Crippen LogP contribution in [0.5, 0.6) is 0 Å². The highest BCUT2D eigenvalue weighted by molar-refractivity contribution is 5.90. The zero-order valence-electron chi connectivity index (χ0n) is 18.7. The Kier molecular flexibility index (Phi) is 9.38. The summed E-state index contributed by atoms with van der Waals surface area (Å²) in [6.07, 6.45) is 5.38. The van der Waals surface area contributed by atoms with Crippen molar-refractivity contribution in [2.75, 3.05) is 13.1 Å². The molecule has 3 amide bonds. The van der Waals surface area contributed by atoms with E-state index in [1.807, 2.05) is 20.8 Å². The van der Waals surface area contributed by atoms with Gasteiger partial charge in [0, 0.05) is 18.2 Å². The summed E-state index contributed by atoms with van der Waals surface area (Å²) in [6.45, 7) is 10.9. The van der Waals surface area contributed by atoms with Crippen molar-refractivity contribution in [3.63, 3.8) is 0 Å². The van der Waals surface area contributed by atoms with E-state index in [1.165, 1.54) is 4.90 Å². The van der Waals surface area contributed by atoms with Gasteiger partial charge in [0.2, 0.25) is 11.8 Å². The molecule has 1 unspecified atom stereocenters. The number of nitrogens with one attached hydrogen (secondary N) is 2. The highest BCUT2D eigenvalue weighted by atomic mass is 16.6. The van der Waals surface area contributed by atoms with Crippen LogP contribution >= 0.6 is 0 Å². The minimum Gasteiger partial charge on any atom is -0.444 e. The van der Waals surface area contributed by atoms with Crippen LogP contribution in [0, 0.1) is 12.3 Å². The van der Waals surface area contributed by atoms with Gasteiger partial charge in [0.25, 0.3) is 0 Å². The zero-order valence-corrected chi connectivity index (χ0v) is 18.7. The Labute approximate surface area is 179 Å². The van der Waals surface area contributed by atoms with Crippen molar-refractivity contribution < 1.29 is 19.1 Å². The van der Waals surface area contributed by atoms with E-state index < -0.39 is 17.7 Å². The SMILES string of the molecule is C#Cc1ccc(C(C(=O)NC(C)C)N(CCC)C(=O)CNC(=O)OC(C)(C)C)cc1. The molecule has 0 radical (unpaired) electrons. The Hall–Kier alpha value is -3.01. The van der Waals surface area contributed by atoms with Crippen molar-refractivity contribution in [2.24, 2.45) is 0 Å². The number of carbonyl (C=O) groups excluding carboxylic acids is 3. The second-order valence-corrected chi connectivity index (χ2v) is 8.27. The first-order chi connectivity index (χ1) is 14.0. The van der Waals surface area contributed by atoms with Gasteiger partial charge in [-0.2, -0.15) is 0 Å². The number of hydrogen-bond donors (Lipinski definition) is 2. The summed E-state index contributed by atoms with van der Waals surface area (Å²) in [6, 6.07) is 6.03. The molecule has 0 aromatic heterocycles. The maximum absolute atomic E-state index is 13.0. The monoisotopic (exact) mass is 415 g/mol. The number of rotatable bonds is 8. The molecule has 7 heteroatoms. The topological polar surface area (TPSA) is 87.7 Å². The van der Waals surface area contributed by atoms with E-state index in [-0.39, 0.29) is 24.4 Å². The van der Waals surface area contributed by atoms with E-state index in [9.17, 15) is 14.4 Å². The first-order valence-electron chi connectivity index (χ1n) is 10.1. The molecular formula is C23H33N3O4. The Morgan fingerprint density at radius 1 is 1.17 bits per heavy atom. The maximum Gasteiger partial charge on any atom is 0.408 e. The van der Waals surface area contributed by atoms with E-state index >= 15 is 0 Å². The van der Waals surface area contributed by atoms with Crippen LogP contribution in [0.1, 0.15) is 65.1 Å². The zero-order chi connectivity index (χ0) is 22.9. The fraction of sp³-hybridized carbons (Fsp3) is 0.522. The van der Waals surface area contributed by atoms with Gasteiger partial charge in [-0.1, -0.05) is 25.0 Å². The largest absolute Gasteiger partial charge is 0.444 e. The van der Waals surface area contributed by atoms with Crippen molar-refractivity contribution >= 4 is 17.9 Å². The lowest BCUT2D eigenvalue weighted by atomic mass is 10.0. The van der Waals surface area contributed by atoms with Crippen molar-refractivity contribution in [3.05, 3.63) is 35.4 Å². The van der Waals surface area contributed by atoms with Crippen molar-refractivity contribution in [2.45, 2.75) is 65.6 Å². The van der Waals surface area contributed by atoms with Crippen molar-refractivity contribution in [3.8, 4) is 12.3 Å². The third-order valence-corrected chi connectivity index (χ3v) is 3.95. The number of ether oxygens (including phenoxy) is 1. The summed E-state index contributed by atoms with van der Waals surface area (Å²) in [4.78, 5) is 39.4. The molecule has 1 atom stereocenters. The summed E-state index contributed by atoms with van der Waals surface area (Å²) >= 11 is 0. The predicted octanol–water partition coefficient (Wildman–Crippen LogP) is 3.00. The van der Waals surface area contributed by atoms with Crippen LogP contribution in [0.2, 0.25) is 0 Å². The highest BCUT2D eigenvalue weighted by Crippen LogP contribution is 2.23. The molecular weight excluding hydrogens is 382 g/mol. The minimum absolute atomic E-state index is 0.0940. The van der Waals surface area contributed by atoms with E-state index in [4.69, 9.17) is 11.2 Å². The average Bonchev–Trinajstić information content (AvgIpc) is 2.64. The molecule has 1 rings (SSSR count). The van der Waals surface area contributed by atoms with Gasteiger partial charge >= 0.3 is 6.09 Å². The van der Waals surface area contributed by atoms with Crippen LogP contribution in [-0.4, -0.2) is 47.5 Å². The Morgan fingerprint density at radius 2 is 1.77 bits per heavy atom. The van der Waals surface area contributed by atoms with Crippen LogP contribution in [-0.2, 0) is 14.3 Å². The van der Waals surface area contributed by atoms with Gasteiger partial charge in [0.15, 0.2) is 0 Å². The minimum atomic E-state index is -0.841. The number of terminal acetylenes is 1. The lowest BCUT2D eigenvalue weighted by Crippen LogP contribution is -2.49. The summed E-state index contributed by atoms with van der Waals surface area (Å²) in [7, 11) is 0. The molecule has 0 aliphatic rings. The van der Waals surface area contributed by atoms with Gasteiger partial charge in [0.1, 0.15) is 18.2 Å². The summed E-state index contributed by atoms with van der Waals surface area (Å²) < 4.78 is 5.18. The van der Waals surface area contributed by atoms with Gasteiger partial charge in [-0.15, -0.1) is 6.42 Å². The number of nitrogens with zero attached hydrogens (tertiary/aromatic N) is 1. The van der Waals surface area contributed by atoms with Gasteiger partial charge in [-0.05, 0) is 58.7 Å². The van der Waals surface area contributed by atoms with E-state index in [2.05, 4.69) is 16.6 Å². The molecule has 0 heterocycles. The number of benzene rings is 1. The summed E-state index contributed by atoms with van der Waals surface area (Å²) in [5.41, 5.74) is 0.655. The average molecular weight is 416 g/mol. The smallest absolute Gasteiger partial charge is 0.408 e. The standard InChI is InChI=1S/C23H33N3O4/c1-8-14-26(19(27)15-24-22(29)30-23(5,6)7)20(21(28)25-16(3)4)18-12-10-17(9-2)11-13-18/h2,10-13,16,20H,8,14-15H2,1,3-7H3,(H,24,29)(H,25,28). The molecule has 1 aromatic rings. The number of alkyl carbamates (subject to hydrolysis) is 1. The quantitative estimate of drug-likeness (QED) is 0.639. The molecule has 0 bridgehead atoms. The molecule has 1 aromatic carbocycles. The predicted molar refractivity (Wildman–Crippen MR) is 117 cm³/mol. The van der Waals surface area contributed by atoms with Crippen molar-refractivity contribution in [1.29, 1.82) is 0 Å². The second-order valence-electron chi connectivity index (χ2n) is 8.27. The van der Waals surface area contributed by atoms with Crippen molar-refractivity contribution in [1.82, 2.24) is 15.5 Å². The van der Waals surface area contributed by atoms with Gasteiger partial charge < -0.3 is 20.3 Å². The molecule has 0 aliphatic carbocycles. The van der Waals surface area contributed by atoms with Gasteiger partial charge in [-0.3, -0.25) is 9.59 Å².